The van der Waals surface area contributed by atoms with E-state index >= 15 is 0 Å². The summed E-state index contributed by atoms with van der Waals surface area (Å²) in [5.74, 6) is -0.667. The number of hydrogen-bond donors (Lipinski definition) is 0. The van der Waals surface area contributed by atoms with Gasteiger partial charge in [-0.25, -0.2) is 4.39 Å². The van der Waals surface area contributed by atoms with Crippen molar-refractivity contribution in [1.29, 1.82) is 0 Å². The normalized spacial score (nSPS) is 11.0. The quantitative estimate of drug-likeness (QED) is 0.651. The van der Waals surface area contributed by atoms with E-state index in [0.717, 1.165) is 0 Å². The van der Waals surface area contributed by atoms with Crippen LogP contribution < -0.4 is 0 Å². The molecule has 0 bridgehead atoms. The molecule has 0 unspecified atom stereocenters. The van der Waals surface area contributed by atoms with Gasteiger partial charge in [0.15, 0.2) is 17.2 Å². The molecule has 4 nitrogen and oxygen atoms in total. The number of aromatic nitrogens is 2. The Bertz CT molecular complexity index is 742. The van der Waals surface area contributed by atoms with Crippen molar-refractivity contribution < 1.29 is 13.6 Å². The van der Waals surface area contributed by atoms with Crippen LogP contribution in [-0.2, 0) is 7.05 Å². The summed E-state index contributed by atoms with van der Waals surface area (Å²) in [5, 5.41) is 4.49. The second-order valence-electron chi connectivity index (χ2n) is 4.00. The number of aryl methyl sites for hydroxylation is 1. The molecular formula is C13H9FN2O2. The van der Waals surface area contributed by atoms with Gasteiger partial charge in [0, 0.05) is 18.6 Å². The van der Waals surface area contributed by atoms with E-state index < -0.39 is 5.82 Å². The molecule has 0 aliphatic heterocycles. The average Bonchev–Trinajstić information content (AvgIpc) is 2.95. The molecule has 0 radical (unpaired) electrons. The van der Waals surface area contributed by atoms with E-state index in [1.165, 1.54) is 23.0 Å². The molecule has 0 aliphatic rings. The number of furan rings is 1. The van der Waals surface area contributed by atoms with Crippen LogP contribution in [0.15, 0.2) is 41.1 Å². The first-order valence-electron chi connectivity index (χ1n) is 5.36. The molecule has 0 spiro atoms. The summed E-state index contributed by atoms with van der Waals surface area (Å²) in [6.45, 7) is 0. The summed E-state index contributed by atoms with van der Waals surface area (Å²) in [5.41, 5.74) is 0.515. The van der Waals surface area contributed by atoms with Crippen LogP contribution in [0.1, 0.15) is 16.1 Å². The molecule has 5 heteroatoms. The zero-order valence-corrected chi connectivity index (χ0v) is 9.55. The van der Waals surface area contributed by atoms with Crippen LogP contribution in [0.2, 0.25) is 0 Å². The monoisotopic (exact) mass is 244 g/mol. The van der Waals surface area contributed by atoms with Crippen molar-refractivity contribution in [2.24, 2.45) is 7.05 Å². The molecule has 0 N–H and O–H groups in total. The van der Waals surface area contributed by atoms with Gasteiger partial charge in [0.05, 0.1) is 11.8 Å². The fourth-order valence-corrected chi connectivity index (χ4v) is 1.82. The predicted octanol–water partition coefficient (Wildman–Crippen LogP) is 2.54. The van der Waals surface area contributed by atoms with Crippen molar-refractivity contribution in [3.63, 3.8) is 0 Å². The molecule has 3 aromatic rings. The van der Waals surface area contributed by atoms with Crippen LogP contribution in [0, 0.1) is 5.82 Å². The van der Waals surface area contributed by atoms with E-state index in [2.05, 4.69) is 5.10 Å². The summed E-state index contributed by atoms with van der Waals surface area (Å²) >= 11 is 0. The maximum absolute atomic E-state index is 13.4. The third-order valence-electron chi connectivity index (χ3n) is 2.69. The SMILES string of the molecule is Cn1cc(C(=O)c2cc3cccc(F)c3o2)cn1. The van der Waals surface area contributed by atoms with Crippen molar-refractivity contribution in [2.45, 2.75) is 0 Å². The van der Waals surface area contributed by atoms with Gasteiger partial charge >= 0.3 is 0 Å². The van der Waals surface area contributed by atoms with Crippen LogP contribution in [0.5, 0.6) is 0 Å². The number of hydrogen-bond acceptors (Lipinski definition) is 3. The van der Waals surface area contributed by atoms with Gasteiger partial charge < -0.3 is 4.42 Å². The molecule has 2 heterocycles. The largest absolute Gasteiger partial charge is 0.449 e. The second-order valence-corrected chi connectivity index (χ2v) is 4.00. The number of rotatable bonds is 2. The third-order valence-corrected chi connectivity index (χ3v) is 2.69. The van der Waals surface area contributed by atoms with E-state index in [4.69, 9.17) is 4.42 Å². The molecular weight excluding hydrogens is 235 g/mol. The number of halogens is 1. The highest BCUT2D eigenvalue weighted by molar-refractivity contribution is 6.08. The van der Waals surface area contributed by atoms with E-state index in [1.807, 2.05) is 0 Å². The molecule has 1 aromatic carbocycles. The average molecular weight is 244 g/mol. The Balaban J connectivity index is 2.10. The van der Waals surface area contributed by atoms with Crippen LogP contribution in [-0.4, -0.2) is 15.6 Å². The van der Waals surface area contributed by atoms with E-state index in [1.54, 1.807) is 25.4 Å². The van der Waals surface area contributed by atoms with Crippen LogP contribution in [0.4, 0.5) is 4.39 Å². The van der Waals surface area contributed by atoms with Gasteiger partial charge in [0.25, 0.3) is 0 Å². The summed E-state index contributed by atoms with van der Waals surface area (Å²) < 4.78 is 20.2. The summed E-state index contributed by atoms with van der Waals surface area (Å²) in [6, 6.07) is 6.10. The Morgan fingerprint density at radius 1 is 1.44 bits per heavy atom. The molecule has 0 saturated heterocycles. The zero-order chi connectivity index (χ0) is 12.7. The number of fused-ring (bicyclic) bond motifs is 1. The lowest BCUT2D eigenvalue weighted by molar-refractivity contribution is 0.101. The lowest BCUT2D eigenvalue weighted by atomic mass is 10.2. The Labute approximate surface area is 102 Å². The van der Waals surface area contributed by atoms with Crippen molar-refractivity contribution in [3.8, 4) is 0 Å². The lowest BCUT2D eigenvalue weighted by Gasteiger charge is -1.91. The van der Waals surface area contributed by atoms with Crippen molar-refractivity contribution in [3.05, 3.63) is 53.8 Å². The number of nitrogens with zero attached hydrogens (tertiary/aromatic N) is 2. The first-order valence-corrected chi connectivity index (χ1v) is 5.36. The van der Waals surface area contributed by atoms with Crippen molar-refractivity contribution in [2.75, 3.05) is 0 Å². The van der Waals surface area contributed by atoms with Gasteiger partial charge in [-0.2, -0.15) is 5.10 Å². The molecule has 18 heavy (non-hydrogen) atoms. The summed E-state index contributed by atoms with van der Waals surface area (Å²) in [6.07, 6.45) is 3.04. The number of benzene rings is 1. The third kappa shape index (κ3) is 1.60. The topological polar surface area (TPSA) is 48.0 Å². The van der Waals surface area contributed by atoms with E-state index in [0.29, 0.717) is 10.9 Å². The van der Waals surface area contributed by atoms with Gasteiger partial charge in [-0.1, -0.05) is 12.1 Å². The lowest BCUT2D eigenvalue weighted by Crippen LogP contribution is -1.97. The molecule has 0 saturated carbocycles. The molecule has 90 valence electrons. The van der Waals surface area contributed by atoms with Gasteiger partial charge in [-0.3, -0.25) is 9.48 Å². The van der Waals surface area contributed by atoms with Gasteiger partial charge in [0.1, 0.15) is 0 Å². The zero-order valence-electron chi connectivity index (χ0n) is 9.55. The number of ketones is 1. The maximum atomic E-state index is 13.4. The molecule has 0 fully saturated rings. The van der Waals surface area contributed by atoms with Crippen molar-refractivity contribution >= 4 is 16.8 Å². The first-order chi connectivity index (χ1) is 8.65. The van der Waals surface area contributed by atoms with Crippen LogP contribution in [0.3, 0.4) is 0 Å². The number of carbonyl (C=O) groups is 1. The van der Waals surface area contributed by atoms with Gasteiger partial charge in [-0.15, -0.1) is 0 Å². The van der Waals surface area contributed by atoms with Crippen LogP contribution in [0.25, 0.3) is 11.0 Å². The maximum Gasteiger partial charge on any atom is 0.231 e. The summed E-state index contributed by atoms with van der Waals surface area (Å²) in [7, 11) is 1.72. The molecule has 0 amide bonds. The molecule has 3 rings (SSSR count). The van der Waals surface area contributed by atoms with Gasteiger partial charge in [-0.05, 0) is 12.1 Å². The highest BCUT2D eigenvalue weighted by atomic mass is 19.1. The molecule has 2 aromatic heterocycles. The Morgan fingerprint density at radius 2 is 2.28 bits per heavy atom. The minimum Gasteiger partial charge on any atom is -0.449 e. The molecule has 0 aliphatic carbocycles. The number of para-hydroxylation sites is 1. The summed E-state index contributed by atoms with van der Waals surface area (Å²) in [4.78, 5) is 12.1. The Hall–Kier alpha value is -2.43. The highest BCUT2D eigenvalue weighted by Gasteiger charge is 2.17. The first kappa shape index (κ1) is 10.7. The minimum atomic E-state index is -0.474. The molecule has 0 atom stereocenters. The Kier molecular flexibility index (Phi) is 2.26. The Morgan fingerprint density at radius 3 is 2.94 bits per heavy atom. The van der Waals surface area contributed by atoms with Crippen LogP contribution >= 0.6 is 0 Å². The van der Waals surface area contributed by atoms with E-state index in [-0.39, 0.29) is 17.1 Å². The fourth-order valence-electron chi connectivity index (χ4n) is 1.82. The highest BCUT2D eigenvalue weighted by Crippen LogP contribution is 2.23. The second kappa shape index (κ2) is 3.80. The number of carbonyl (C=O) groups excluding carboxylic acids is 1. The van der Waals surface area contributed by atoms with Gasteiger partial charge in [0.2, 0.25) is 5.78 Å². The van der Waals surface area contributed by atoms with Crippen molar-refractivity contribution in [1.82, 2.24) is 9.78 Å². The smallest absolute Gasteiger partial charge is 0.231 e. The van der Waals surface area contributed by atoms with E-state index in [9.17, 15) is 9.18 Å². The standard InChI is InChI=1S/C13H9FN2O2/c1-16-7-9(6-15-16)12(17)11-5-8-3-2-4-10(14)13(8)18-11/h2-7H,1H3. The fraction of sp³-hybridized carbons (Fsp3) is 0.0769. The predicted molar refractivity (Wildman–Crippen MR) is 62.8 cm³/mol. The minimum absolute atomic E-state index is 0.102.